The number of benzene rings is 1. The maximum atomic E-state index is 13.5. The van der Waals surface area contributed by atoms with Crippen molar-refractivity contribution in [3.05, 3.63) is 52.1 Å². The van der Waals surface area contributed by atoms with E-state index in [4.69, 9.17) is 28.4 Å². The minimum Gasteiger partial charge on any atom is -0.461 e. The molecule has 9 N–H and O–H groups in total. The maximum absolute atomic E-state index is 13.5. The minimum atomic E-state index is -1.76. The van der Waals surface area contributed by atoms with Crippen molar-refractivity contribution in [2.45, 2.75) is 147 Å². The lowest BCUT2D eigenvalue weighted by atomic mass is 9.96. The van der Waals surface area contributed by atoms with E-state index in [-0.39, 0.29) is 24.2 Å². The summed E-state index contributed by atoms with van der Waals surface area (Å²) in [5.41, 5.74) is 2.74. The lowest BCUT2D eigenvalue weighted by Crippen LogP contribution is -2.64. The topological polar surface area (TPSA) is 255 Å². The first-order chi connectivity index (χ1) is 23.9. The normalized spacial score (nSPS) is 38.5. The number of ether oxygens (including phenoxy) is 6. The number of hydrogen-bond acceptors (Lipinski definition) is 16. The molecule has 0 aromatic heterocycles. The summed E-state index contributed by atoms with van der Waals surface area (Å²) in [5.74, 6) is -0.721. The van der Waals surface area contributed by atoms with E-state index in [0.717, 1.165) is 11.1 Å². The Hall–Kier alpha value is -2.55. The molecule has 3 aliphatic heterocycles. The van der Waals surface area contributed by atoms with Crippen LogP contribution in [0.1, 0.15) is 63.0 Å². The van der Waals surface area contributed by atoms with Crippen LogP contribution in [0.5, 0.6) is 5.75 Å². The van der Waals surface area contributed by atoms with E-state index >= 15 is 0 Å². The zero-order valence-corrected chi connectivity index (χ0v) is 29.5. The molecule has 51 heavy (non-hydrogen) atoms. The summed E-state index contributed by atoms with van der Waals surface area (Å²) in [6, 6.07) is 2.96. The number of rotatable bonds is 11. The van der Waals surface area contributed by atoms with Crippen LogP contribution in [0.3, 0.4) is 0 Å². The molecule has 1 aromatic rings. The summed E-state index contributed by atoms with van der Waals surface area (Å²) in [6.45, 7) is 9.65. The molecule has 15 atom stereocenters. The molecule has 0 saturated carbocycles. The summed E-state index contributed by atoms with van der Waals surface area (Å²) in [7, 11) is 0. The molecule has 16 nitrogen and oxygen atoms in total. The third-order valence-electron chi connectivity index (χ3n) is 9.13. The smallest absolute Gasteiger partial charge is 0.340 e. The average Bonchev–Trinajstić information content (AvgIpc) is 3.08. The molecule has 4 rings (SSSR count). The summed E-state index contributed by atoms with van der Waals surface area (Å²) in [4.78, 5) is 13.5. The first-order valence-electron chi connectivity index (χ1n) is 16.9. The fourth-order valence-electron chi connectivity index (χ4n) is 5.93. The van der Waals surface area contributed by atoms with Crippen LogP contribution in [0.25, 0.3) is 0 Å². The second kappa shape index (κ2) is 17.5. The number of aliphatic hydroxyl groups is 9. The minimum absolute atomic E-state index is 0.0297. The molecular formula is C35H52O16. The van der Waals surface area contributed by atoms with E-state index in [9.17, 15) is 50.8 Å². The Labute approximate surface area is 296 Å². The van der Waals surface area contributed by atoms with Gasteiger partial charge >= 0.3 is 5.97 Å². The van der Waals surface area contributed by atoms with Crippen molar-refractivity contribution in [2.75, 3.05) is 6.61 Å². The zero-order valence-electron chi connectivity index (χ0n) is 29.5. The third-order valence-corrected chi connectivity index (χ3v) is 9.13. The van der Waals surface area contributed by atoms with Gasteiger partial charge in [-0.3, -0.25) is 0 Å². The fourth-order valence-corrected chi connectivity index (χ4v) is 5.93. The van der Waals surface area contributed by atoms with Crippen LogP contribution >= 0.6 is 0 Å². The van der Waals surface area contributed by atoms with E-state index in [1.807, 2.05) is 39.8 Å². The Kier molecular flexibility index (Phi) is 14.2. The molecule has 3 saturated heterocycles. The third kappa shape index (κ3) is 9.52. The monoisotopic (exact) mass is 728 g/mol. The van der Waals surface area contributed by atoms with Crippen LogP contribution in [0.4, 0.5) is 0 Å². The van der Waals surface area contributed by atoms with Crippen molar-refractivity contribution in [1.82, 2.24) is 0 Å². The highest BCUT2D eigenvalue weighted by Crippen LogP contribution is 2.35. The molecular weight excluding hydrogens is 676 g/mol. The molecule has 16 heteroatoms. The van der Waals surface area contributed by atoms with Gasteiger partial charge in [0.15, 0.2) is 12.4 Å². The van der Waals surface area contributed by atoms with Gasteiger partial charge in [0.05, 0.1) is 24.4 Å². The van der Waals surface area contributed by atoms with Crippen LogP contribution in [0, 0.1) is 0 Å². The van der Waals surface area contributed by atoms with Crippen LogP contribution in [0.15, 0.2) is 35.4 Å². The van der Waals surface area contributed by atoms with Gasteiger partial charge in [-0.2, -0.15) is 0 Å². The van der Waals surface area contributed by atoms with Crippen molar-refractivity contribution in [1.29, 1.82) is 0 Å². The van der Waals surface area contributed by atoms with E-state index in [0.29, 0.717) is 11.1 Å². The van der Waals surface area contributed by atoms with Crippen molar-refractivity contribution < 1.29 is 79.2 Å². The SMILES string of the molecule is CC(C)=CCc1cc(C(=O)OC2OC(C)C(O)C(O)C2O)cc(CC=C(C)C)c1OC1OC(CO)C(O)C(O)C1OC1OC(C)C(O)C(O)C1O. The van der Waals surface area contributed by atoms with Gasteiger partial charge in [0.2, 0.25) is 12.6 Å². The van der Waals surface area contributed by atoms with E-state index in [1.54, 1.807) is 0 Å². The molecule has 15 unspecified atom stereocenters. The van der Waals surface area contributed by atoms with Crippen molar-refractivity contribution in [3.63, 3.8) is 0 Å². The van der Waals surface area contributed by atoms with Gasteiger partial charge in [0.25, 0.3) is 0 Å². The van der Waals surface area contributed by atoms with E-state index < -0.39 is 105 Å². The Morgan fingerprint density at radius 2 is 1.16 bits per heavy atom. The van der Waals surface area contributed by atoms with Crippen LogP contribution in [0.2, 0.25) is 0 Å². The van der Waals surface area contributed by atoms with Gasteiger partial charge in [0.1, 0.15) is 60.7 Å². The van der Waals surface area contributed by atoms with Crippen LogP contribution < -0.4 is 4.74 Å². The highest BCUT2D eigenvalue weighted by molar-refractivity contribution is 5.90. The van der Waals surface area contributed by atoms with E-state index in [1.165, 1.54) is 26.0 Å². The summed E-state index contributed by atoms with van der Waals surface area (Å²) in [6.07, 6.45) is -18.5. The summed E-state index contributed by atoms with van der Waals surface area (Å²) >= 11 is 0. The summed E-state index contributed by atoms with van der Waals surface area (Å²) < 4.78 is 34.7. The Morgan fingerprint density at radius 1 is 0.667 bits per heavy atom. The van der Waals surface area contributed by atoms with Crippen molar-refractivity contribution in [3.8, 4) is 5.75 Å². The molecule has 288 valence electrons. The molecule has 0 amide bonds. The number of allylic oxidation sites excluding steroid dienone is 4. The second-order valence-electron chi connectivity index (χ2n) is 13.8. The number of carbonyl (C=O) groups is 1. The van der Waals surface area contributed by atoms with Crippen molar-refractivity contribution >= 4 is 5.97 Å². The molecule has 3 aliphatic rings. The van der Waals surface area contributed by atoms with Crippen LogP contribution in [-0.2, 0) is 36.5 Å². The van der Waals surface area contributed by atoms with Gasteiger partial charge in [-0.05, 0) is 77.6 Å². The average molecular weight is 729 g/mol. The van der Waals surface area contributed by atoms with Gasteiger partial charge in [0, 0.05) is 0 Å². The zero-order chi connectivity index (χ0) is 37.9. The largest absolute Gasteiger partial charge is 0.461 e. The summed E-state index contributed by atoms with van der Waals surface area (Å²) in [5, 5.41) is 93.8. The van der Waals surface area contributed by atoms with Crippen LogP contribution in [-0.4, -0.2) is 151 Å². The lowest BCUT2D eigenvalue weighted by molar-refractivity contribution is -0.354. The standard InChI is InChI=1S/C35H52O16/c1-14(2)7-9-18-11-20(32(45)51-34-29(44)26(41)23(38)17(6)47-34)12-19(10-8-15(3)4)30(18)49-35-31(27(42)24(39)21(13-36)48-35)50-33-28(43)25(40)22(37)16(5)46-33/h7-8,11-12,16-17,21-29,31,33-44H,9-10,13H2,1-6H3. The van der Waals surface area contributed by atoms with E-state index in [2.05, 4.69) is 0 Å². The van der Waals surface area contributed by atoms with Gasteiger partial charge in [-0.25, -0.2) is 4.79 Å². The molecule has 0 aliphatic carbocycles. The fraction of sp³-hybridized carbons (Fsp3) is 0.686. The quantitative estimate of drug-likeness (QED) is 0.0950. The second-order valence-corrected chi connectivity index (χ2v) is 13.8. The molecule has 0 bridgehead atoms. The van der Waals surface area contributed by atoms with Gasteiger partial charge < -0.3 is 74.4 Å². The lowest BCUT2D eigenvalue weighted by Gasteiger charge is -2.45. The number of aliphatic hydroxyl groups excluding tert-OH is 9. The Morgan fingerprint density at radius 3 is 1.65 bits per heavy atom. The van der Waals surface area contributed by atoms with Gasteiger partial charge in [-0.1, -0.05) is 23.3 Å². The predicted octanol–water partition coefficient (Wildman–Crippen LogP) is -1.28. The Balaban J connectivity index is 1.75. The predicted molar refractivity (Wildman–Crippen MR) is 176 cm³/mol. The molecule has 1 aromatic carbocycles. The highest BCUT2D eigenvalue weighted by Gasteiger charge is 2.51. The van der Waals surface area contributed by atoms with Crippen molar-refractivity contribution in [2.24, 2.45) is 0 Å². The molecule has 3 heterocycles. The molecule has 3 fully saturated rings. The number of esters is 1. The van der Waals surface area contributed by atoms with Gasteiger partial charge in [-0.15, -0.1) is 0 Å². The maximum Gasteiger partial charge on any atom is 0.340 e. The Bertz CT molecular complexity index is 1350. The molecule has 0 spiro atoms. The number of hydrogen-bond donors (Lipinski definition) is 9. The first kappa shape index (κ1) is 41.2. The molecule has 0 radical (unpaired) electrons. The first-order valence-corrected chi connectivity index (χ1v) is 16.9. The highest BCUT2D eigenvalue weighted by atomic mass is 16.8. The number of carbonyl (C=O) groups excluding carboxylic acids is 1.